The van der Waals surface area contributed by atoms with Gasteiger partial charge in [-0.2, -0.15) is 0 Å². The number of aryl methyl sites for hydroxylation is 1. The highest BCUT2D eigenvalue weighted by Gasteiger charge is 2.23. The molecule has 180 valence electrons. The molecule has 0 saturated heterocycles. The van der Waals surface area contributed by atoms with E-state index >= 15 is 0 Å². The third-order valence-corrected chi connectivity index (χ3v) is 7.93. The van der Waals surface area contributed by atoms with E-state index in [-0.39, 0.29) is 10.8 Å². The third-order valence-electron chi connectivity index (χ3n) is 7.93. The number of imidazole rings is 2. The monoisotopic (exact) mass is 464 g/mol. The Balaban J connectivity index is 1.49. The standard InChI is InChI=1S/C31H36N4/c1-8-30(4,5)23-13-10-22(16-19(23)3)28-32-24-14-11-20(17-26(24)33-28)21-12-15-25-27(18-21)35-29(34-25)31(6,7)9-2/h10-18H,8-9H2,1-7H3,(H,32,33)(H,34,35). The van der Waals surface area contributed by atoms with Crippen molar-refractivity contribution in [1.82, 2.24) is 19.9 Å². The van der Waals surface area contributed by atoms with Crippen molar-refractivity contribution in [3.8, 4) is 22.5 Å². The molecule has 0 amide bonds. The van der Waals surface area contributed by atoms with Crippen LogP contribution in [0.4, 0.5) is 0 Å². The summed E-state index contributed by atoms with van der Waals surface area (Å²) in [4.78, 5) is 16.8. The highest BCUT2D eigenvalue weighted by Crippen LogP contribution is 2.33. The fourth-order valence-electron chi connectivity index (χ4n) is 4.76. The number of fused-ring (bicyclic) bond motifs is 2. The van der Waals surface area contributed by atoms with Gasteiger partial charge < -0.3 is 9.97 Å². The summed E-state index contributed by atoms with van der Waals surface area (Å²) in [6.07, 6.45) is 2.15. The average Bonchev–Trinajstić information content (AvgIpc) is 3.47. The molecule has 35 heavy (non-hydrogen) atoms. The summed E-state index contributed by atoms with van der Waals surface area (Å²) in [6, 6.07) is 19.6. The predicted octanol–water partition coefficient (Wildman–Crippen LogP) is 8.46. The van der Waals surface area contributed by atoms with Crippen LogP contribution in [-0.4, -0.2) is 19.9 Å². The Hall–Kier alpha value is -3.40. The number of hydrogen-bond acceptors (Lipinski definition) is 2. The summed E-state index contributed by atoms with van der Waals surface area (Å²) < 4.78 is 0. The number of rotatable bonds is 6. The molecule has 0 bridgehead atoms. The van der Waals surface area contributed by atoms with Gasteiger partial charge in [0, 0.05) is 11.0 Å². The van der Waals surface area contributed by atoms with Crippen molar-refractivity contribution >= 4 is 22.1 Å². The van der Waals surface area contributed by atoms with Gasteiger partial charge >= 0.3 is 0 Å². The predicted molar refractivity (Wildman–Crippen MR) is 148 cm³/mol. The van der Waals surface area contributed by atoms with Crippen molar-refractivity contribution < 1.29 is 0 Å². The van der Waals surface area contributed by atoms with Crippen LogP contribution in [0.3, 0.4) is 0 Å². The Morgan fingerprint density at radius 3 is 1.83 bits per heavy atom. The van der Waals surface area contributed by atoms with Crippen LogP contribution in [0.5, 0.6) is 0 Å². The van der Waals surface area contributed by atoms with E-state index in [1.54, 1.807) is 0 Å². The van der Waals surface area contributed by atoms with Gasteiger partial charge in [0.2, 0.25) is 0 Å². The molecule has 0 saturated carbocycles. The normalized spacial score (nSPS) is 12.7. The van der Waals surface area contributed by atoms with E-state index < -0.39 is 0 Å². The molecule has 0 aliphatic carbocycles. The molecule has 0 aliphatic rings. The molecule has 2 N–H and O–H groups in total. The second-order valence-corrected chi connectivity index (χ2v) is 11.1. The zero-order valence-corrected chi connectivity index (χ0v) is 22.0. The topological polar surface area (TPSA) is 57.4 Å². The van der Waals surface area contributed by atoms with Gasteiger partial charge in [-0.05, 0) is 77.8 Å². The molecule has 0 radical (unpaired) electrons. The van der Waals surface area contributed by atoms with Crippen LogP contribution < -0.4 is 0 Å². The number of aromatic nitrogens is 4. The molecular formula is C31H36N4. The SMILES string of the molecule is CCC(C)(C)c1nc2ccc(-c3ccc4nc(-c5ccc(C(C)(C)CC)c(C)c5)[nH]c4c3)cc2[nH]1. The molecule has 0 spiro atoms. The number of hydrogen-bond donors (Lipinski definition) is 2. The lowest BCUT2D eigenvalue weighted by molar-refractivity contribution is 0.479. The average molecular weight is 465 g/mol. The summed E-state index contributed by atoms with van der Waals surface area (Å²) >= 11 is 0. The number of benzene rings is 3. The molecule has 0 atom stereocenters. The highest BCUT2D eigenvalue weighted by molar-refractivity contribution is 5.87. The maximum Gasteiger partial charge on any atom is 0.138 e. The molecule has 5 aromatic rings. The van der Waals surface area contributed by atoms with Crippen LogP contribution in [-0.2, 0) is 10.8 Å². The molecule has 4 heteroatoms. The van der Waals surface area contributed by atoms with Crippen molar-refractivity contribution in [2.24, 2.45) is 0 Å². The van der Waals surface area contributed by atoms with Gasteiger partial charge in [0.1, 0.15) is 11.6 Å². The minimum absolute atomic E-state index is 0.0350. The van der Waals surface area contributed by atoms with Gasteiger partial charge in [-0.25, -0.2) is 9.97 Å². The summed E-state index contributed by atoms with van der Waals surface area (Å²) in [7, 11) is 0. The molecule has 0 fully saturated rings. The Morgan fingerprint density at radius 1 is 0.657 bits per heavy atom. The molecule has 0 aliphatic heterocycles. The van der Waals surface area contributed by atoms with Crippen LogP contribution in [0, 0.1) is 6.92 Å². The Kier molecular flexibility index (Phi) is 5.58. The van der Waals surface area contributed by atoms with Gasteiger partial charge in [0.15, 0.2) is 0 Å². The van der Waals surface area contributed by atoms with Crippen LogP contribution in [0.15, 0.2) is 54.6 Å². The van der Waals surface area contributed by atoms with E-state index in [4.69, 9.17) is 9.97 Å². The van der Waals surface area contributed by atoms with E-state index in [0.717, 1.165) is 57.7 Å². The Morgan fingerprint density at radius 2 is 1.23 bits per heavy atom. The molecule has 2 heterocycles. The molecule has 5 rings (SSSR count). The fraction of sp³-hybridized carbons (Fsp3) is 0.355. The van der Waals surface area contributed by atoms with Gasteiger partial charge in [0.25, 0.3) is 0 Å². The minimum atomic E-state index is 0.0350. The second-order valence-electron chi connectivity index (χ2n) is 11.1. The summed E-state index contributed by atoms with van der Waals surface area (Å²) in [6.45, 7) is 15.7. The van der Waals surface area contributed by atoms with E-state index in [0.29, 0.717) is 0 Å². The maximum atomic E-state index is 4.89. The van der Waals surface area contributed by atoms with Crippen LogP contribution in [0.1, 0.15) is 71.3 Å². The zero-order chi connectivity index (χ0) is 25.0. The van der Waals surface area contributed by atoms with Crippen LogP contribution in [0.25, 0.3) is 44.6 Å². The van der Waals surface area contributed by atoms with Gasteiger partial charge in [-0.15, -0.1) is 0 Å². The van der Waals surface area contributed by atoms with E-state index in [1.165, 1.54) is 16.7 Å². The molecule has 4 nitrogen and oxygen atoms in total. The lowest BCUT2D eigenvalue weighted by atomic mass is 9.79. The lowest BCUT2D eigenvalue weighted by Gasteiger charge is -2.25. The number of H-pyrrole nitrogens is 2. The van der Waals surface area contributed by atoms with Crippen molar-refractivity contribution in [3.63, 3.8) is 0 Å². The number of nitrogens with zero attached hydrogens (tertiary/aromatic N) is 2. The van der Waals surface area contributed by atoms with E-state index in [2.05, 4.69) is 113 Å². The second kappa shape index (κ2) is 8.37. The fourth-order valence-corrected chi connectivity index (χ4v) is 4.76. The van der Waals surface area contributed by atoms with E-state index in [1.807, 2.05) is 0 Å². The largest absolute Gasteiger partial charge is 0.342 e. The Labute approximate surface area is 208 Å². The first-order chi connectivity index (χ1) is 16.6. The minimum Gasteiger partial charge on any atom is -0.342 e. The summed E-state index contributed by atoms with van der Waals surface area (Å²) in [5.41, 5.74) is 10.5. The number of nitrogens with one attached hydrogen (secondary N) is 2. The van der Waals surface area contributed by atoms with Crippen molar-refractivity contribution in [2.45, 2.75) is 72.1 Å². The summed E-state index contributed by atoms with van der Waals surface area (Å²) in [5.74, 6) is 1.96. The first-order valence-electron chi connectivity index (χ1n) is 12.7. The van der Waals surface area contributed by atoms with Gasteiger partial charge in [0.05, 0.1) is 22.1 Å². The zero-order valence-electron chi connectivity index (χ0n) is 22.0. The highest BCUT2D eigenvalue weighted by atomic mass is 14.9. The summed E-state index contributed by atoms with van der Waals surface area (Å²) in [5, 5.41) is 0. The van der Waals surface area contributed by atoms with E-state index in [9.17, 15) is 0 Å². The van der Waals surface area contributed by atoms with Gasteiger partial charge in [-0.3, -0.25) is 0 Å². The third kappa shape index (κ3) is 4.16. The Bertz CT molecular complexity index is 1530. The maximum absolute atomic E-state index is 4.89. The van der Waals surface area contributed by atoms with Crippen molar-refractivity contribution in [1.29, 1.82) is 0 Å². The van der Waals surface area contributed by atoms with Crippen LogP contribution in [0.2, 0.25) is 0 Å². The first kappa shape index (κ1) is 23.3. The van der Waals surface area contributed by atoms with Gasteiger partial charge in [-0.1, -0.05) is 65.8 Å². The molecule has 0 unspecified atom stereocenters. The van der Waals surface area contributed by atoms with Crippen LogP contribution >= 0.6 is 0 Å². The first-order valence-corrected chi connectivity index (χ1v) is 12.7. The smallest absolute Gasteiger partial charge is 0.138 e. The lowest BCUT2D eigenvalue weighted by Crippen LogP contribution is -2.17. The van der Waals surface area contributed by atoms with Crippen molar-refractivity contribution in [2.75, 3.05) is 0 Å². The number of aromatic amines is 2. The molecule has 2 aromatic heterocycles. The molecular weight excluding hydrogens is 428 g/mol. The van der Waals surface area contributed by atoms with Crippen molar-refractivity contribution in [3.05, 3.63) is 71.5 Å². The molecule has 3 aromatic carbocycles. The quantitative estimate of drug-likeness (QED) is 0.265.